The van der Waals surface area contributed by atoms with E-state index in [2.05, 4.69) is 10.1 Å². The largest absolute Gasteiger partial charge is 0.453 e. The summed E-state index contributed by atoms with van der Waals surface area (Å²) >= 11 is 0. The summed E-state index contributed by atoms with van der Waals surface area (Å²) in [7, 11) is 2.76. The minimum absolute atomic E-state index is 0.180. The summed E-state index contributed by atoms with van der Waals surface area (Å²) in [5.74, 6) is -0.250. The van der Waals surface area contributed by atoms with Crippen molar-refractivity contribution in [1.82, 2.24) is 5.32 Å². The third-order valence-corrected chi connectivity index (χ3v) is 3.49. The van der Waals surface area contributed by atoms with E-state index in [1.54, 1.807) is 0 Å². The minimum Gasteiger partial charge on any atom is -0.453 e. The molecule has 7 nitrogen and oxygen atoms in total. The standard InChI is InChI=1S/C12H23NO6/c1-4-7-8(5-14)19-9(6-17-2)10(11(7)15)13-12(16)18-3/h7-11,14-15H,4-6H2,1-3H3,(H,13,16). The maximum absolute atomic E-state index is 11.3. The van der Waals surface area contributed by atoms with Gasteiger partial charge in [-0.15, -0.1) is 0 Å². The summed E-state index contributed by atoms with van der Waals surface area (Å²) in [6.45, 7) is 1.92. The monoisotopic (exact) mass is 277 g/mol. The zero-order valence-corrected chi connectivity index (χ0v) is 11.5. The zero-order valence-electron chi connectivity index (χ0n) is 11.5. The van der Waals surface area contributed by atoms with Gasteiger partial charge < -0.3 is 29.7 Å². The maximum Gasteiger partial charge on any atom is 0.407 e. The number of methoxy groups -OCH3 is 2. The molecule has 19 heavy (non-hydrogen) atoms. The van der Waals surface area contributed by atoms with Gasteiger partial charge in [-0.2, -0.15) is 0 Å². The average Bonchev–Trinajstić information content (AvgIpc) is 2.42. The van der Waals surface area contributed by atoms with Gasteiger partial charge in [0.15, 0.2) is 0 Å². The molecule has 1 saturated heterocycles. The Morgan fingerprint density at radius 1 is 1.37 bits per heavy atom. The number of aliphatic hydroxyl groups excluding tert-OH is 2. The van der Waals surface area contributed by atoms with Crippen LogP contribution in [0.4, 0.5) is 4.79 Å². The van der Waals surface area contributed by atoms with Gasteiger partial charge in [0.05, 0.1) is 38.6 Å². The predicted octanol–water partition coefficient (Wildman–Crippen LogP) is -0.496. The lowest BCUT2D eigenvalue weighted by atomic mass is 9.83. The number of aliphatic hydroxyl groups is 2. The average molecular weight is 277 g/mol. The Hall–Kier alpha value is -0.890. The zero-order chi connectivity index (χ0) is 14.4. The maximum atomic E-state index is 11.3. The lowest BCUT2D eigenvalue weighted by Crippen LogP contribution is -2.62. The molecule has 0 aromatic carbocycles. The van der Waals surface area contributed by atoms with E-state index in [0.29, 0.717) is 6.42 Å². The van der Waals surface area contributed by atoms with Gasteiger partial charge in [0, 0.05) is 13.0 Å². The van der Waals surface area contributed by atoms with E-state index in [1.807, 2.05) is 6.92 Å². The Kier molecular flexibility index (Phi) is 6.50. The first-order valence-electron chi connectivity index (χ1n) is 6.36. The second kappa shape index (κ2) is 7.64. The Labute approximate surface area is 112 Å². The predicted molar refractivity (Wildman–Crippen MR) is 66.7 cm³/mol. The topological polar surface area (TPSA) is 97.2 Å². The summed E-state index contributed by atoms with van der Waals surface area (Å²) < 4.78 is 15.3. The Morgan fingerprint density at radius 2 is 2.05 bits per heavy atom. The minimum atomic E-state index is -0.824. The molecule has 1 rings (SSSR count). The molecule has 1 amide bonds. The third kappa shape index (κ3) is 3.79. The quantitative estimate of drug-likeness (QED) is 0.627. The molecule has 0 aromatic rings. The van der Waals surface area contributed by atoms with Crippen LogP contribution in [0.15, 0.2) is 0 Å². The highest BCUT2D eigenvalue weighted by atomic mass is 16.6. The molecule has 0 bridgehead atoms. The second-order valence-electron chi connectivity index (χ2n) is 4.58. The number of nitrogens with one attached hydrogen (secondary N) is 1. The summed E-state index contributed by atoms with van der Waals surface area (Å²) in [5, 5.41) is 22.2. The van der Waals surface area contributed by atoms with E-state index >= 15 is 0 Å². The van der Waals surface area contributed by atoms with Gasteiger partial charge in [-0.3, -0.25) is 0 Å². The van der Waals surface area contributed by atoms with Crippen molar-refractivity contribution >= 4 is 6.09 Å². The first-order valence-corrected chi connectivity index (χ1v) is 6.36. The van der Waals surface area contributed by atoms with Crippen molar-refractivity contribution in [3.63, 3.8) is 0 Å². The molecule has 1 fully saturated rings. The van der Waals surface area contributed by atoms with Crippen molar-refractivity contribution in [2.45, 2.75) is 37.7 Å². The van der Waals surface area contributed by atoms with Crippen molar-refractivity contribution in [1.29, 1.82) is 0 Å². The number of carbonyl (C=O) groups excluding carboxylic acids is 1. The Morgan fingerprint density at radius 3 is 2.53 bits per heavy atom. The fourth-order valence-electron chi connectivity index (χ4n) is 2.48. The molecule has 0 saturated carbocycles. The van der Waals surface area contributed by atoms with E-state index in [9.17, 15) is 15.0 Å². The van der Waals surface area contributed by atoms with Crippen LogP contribution < -0.4 is 5.32 Å². The molecule has 0 aliphatic carbocycles. The van der Waals surface area contributed by atoms with Gasteiger partial charge >= 0.3 is 6.09 Å². The van der Waals surface area contributed by atoms with Crippen molar-refractivity contribution in [3.05, 3.63) is 0 Å². The molecule has 1 aliphatic heterocycles. The fraction of sp³-hybridized carbons (Fsp3) is 0.917. The van der Waals surface area contributed by atoms with Crippen LogP contribution in [-0.2, 0) is 14.2 Å². The van der Waals surface area contributed by atoms with Gasteiger partial charge in [-0.25, -0.2) is 4.79 Å². The van der Waals surface area contributed by atoms with E-state index in [1.165, 1.54) is 14.2 Å². The van der Waals surface area contributed by atoms with Crippen molar-refractivity contribution < 1.29 is 29.2 Å². The molecular weight excluding hydrogens is 254 g/mol. The number of hydrogen-bond acceptors (Lipinski definition) is 6. The van der Waals surface area contributed by atoms with Crippen molar-refractivity contribution in [2.24, 2.45) is 5.92 Å². The van der Waals surface area contributed by atoms with Gasteiger partial charge in [0.25, 0.3) is 0 Å². The van der Waals surface area contributed by atoms with Crippen LogP contribution in [0.2, 0.25) is 0 Å². The molecule has 0 radical (unpaired) electrons. The van der Waals surface area contributed by atoms with Gasteiger partial charge in [-0.05, 0) is 6.42 Å². The highest BCUT2D eigenvalue weighted by molar-refractivity contribution is 5.67. The summed E-state index contributed by atoms with van der Waals surface area (Å²) in [4.78, 5) is 11.3. The first kappa shape index (κ1) is 16.2. The highest BCUT2D eigenvalue weighted by Crippen LogP contribution is 2.28. The van der Waals surface area contributed by atoms with E-state index in [4.69, 9.17) is 9.47 Å². The first-order chi connectivity index (χ1) is 9.08. The lowest BCUT2D eigenvalue weighted by molar-refractivity contribution is -0.179. The van der Waals surface area contributed by atoms with Crippen LogP contribution in [0, 0.1) is 5.92 Å². The molecule has 3 N–H and O–H groups in total. The molecular formula is C12H23NO6. The van der Waals surface area contributed by atoms with Crippen LogP contribution in [0.1, 0.15) is 13.3 Å². The van der Waals surface area contributed by atoms with E-state index in [-0.39, 0.29) is 19.1 Å². The third-order valence-electron chi connectivity index (χ3n) is 3.49. The van der Waals surface area contributed by atoms with E-state index < -0.39 is 30.4 Å². The van der Waals surface area contributed by atoms with Crippen LogP contribution in [0.3, 0.4) is 0 Å². The molecule has 0 spiro atoms. The molecule has 5 atom stereocenters. The highest BCUT2D eigenvalue weighted by Gasteiger charge is 2.44. The van der Waals surface area contributed by atoms with Crippen LogP contribution in [-0.4, -0.2) is 68.1 Å². The van der Waals surface area contributed by atoms with Crippen LogP contribution in [0.25, 0.3) is 0 Å². The number of carbonyl (C=O) groups is 1. The van der Waals surface area contributed by atoms with Crippen molar-refractivity contribution in [3.8, 4) is 0 Å². The Balaban J connectivity index is 2.84. The molecule has 1 aliphatic rings. The summed E-state index contributed by atoms with van der Waals surface area (Å²) in [6.07, 6.45) is -1.82. The van der Waals surface area contributed by atoms with Crippen LogP contribution >= 0.6 is 0 Å². The van der Waals surface area contributed by atoms with Crippen LogP contribution in [0.5, 0.6) is 0 Å². The number of rotatable bonds is 5. The number of alkyl carbamates (subject to hydrolysis) is 1. The second-order valence-corrected chi connectivity index (χ2v) is 4.58. The summed E-state index contributed by atoms with van der Waals surface area (Å²) in [5.41, 5.74) is 0. The van der Waals surface area contributed by atoms with Gasteiger partial charge in [0.1, 0.15) is 6.10 Å². The van der Waals surface area contributed by atoms with Gasteiger partial charge in [-0.1, -0.05) is 6.92 Å². The summed E-state index contributed by atoms with van der Waals surface area (Å²) in [6, 6.07) is -0.625. The van der Waals surface area contributed by atoms with Crippen molar-refractivity contribution in [2.75, 3.05) is 27.4 Å². The Bertz CT molecular complexity index is 285. The number of ether oxygens (including phenoxy) is 3. The lowest BCUT2D eigenvalue weighted by Gasteiger charge is -2.44. The number of amides is 1. The smallest absolute Gasteiger partial charge is 0.407 e. The molecule has 7 heteroatoms. The SMILES string of the molecule is CCC1C(CO)OC(COC)C(NC(=O)OC)C1O. The molecule has 5 unspecified atom stereocenters. The molecule has 0 aromatic heterocycles. The molecule has 112 valence electrons. The fourth-order valence-corrected chi connectivity index (χ4v) is 2.48. The number of hydrogen-bond donors (Lipinski definition) is 3. The van der Waals surface area contributed by atoms with E-state index in [0.717, 1.165) is 0 Å². The normalized spacial score (nSPS) is 34.9. The van der Waals surface area contributed by atoms with Gasteiger partial charge in [0.2, 0.25) is 0 Å². The molecule has 1 heterocycles.